The van der Waals surface area contributed by atoms with Crippen LogP contribution in [0.3, 0.4) is 0 Å². The Balaban J connectivity index is 1.49. The summed E-state index contributed by atoms with van der Waals surface area (Å²) in [6, 6.07) is 4.60. The quantitative estimate of drug-likeness (QED) is 0.709. The molecule has 1 aromatic carbocycles. The van der Waals surface area contributed by atoms with E-state index in [9.17, 15) is 13.2 Å². The van der Waals surface area contributed by atoms with Crippen molar-refractivity contribution in [2.24, 2.45) is 5.92 Å². The van der Waals surface area contributed by atoms with E-state index in [0.717, 1.165) is 67.8 Å². The molecule has 0 aliphatic carbocycles. The van der Waals surface area contributed by atoms with Crippen molar-refractivity contribution >= 4 is 21.6 Å². The molecule has 3 rings (SSSR count). The number of piperazine rings is 1. The molecule has 1 amide bonds. The molecule has 2 aliphatic rings. The van der Waals surface area contributed by atoms with Crippen molar-refractivity contribution in [2.75, 3.05) is 51.3 Å². The molecule has 2 aliphatic heterocycles. The fourth-order valence-electron chi connectivity index (χ4n) is 4.78. The van der Waals surface area contributed by atoms with Gasteiger partial charge >= 0.3 is 0 Å². The van der Waals surface area contributed by atoms with Gasteiger partial charge in [0.05, 0.1) is 6.26 Å². The van der Waals surface area contributed by atoms with Crippen molar-refractivity contribution in [1.29, 1.82) is 0 Å². The highest BCUT2D eigenvalue weighted by molar-refractivity contribution is 7.88. The van der Waals surface area contributed by atoms with Crippen LogP contribution < -0.4 is 5.73 Å². The first kappa shape index (κ1) is 23.0. The van der Waals surface area contributed by atoms with E-state index in [-0.39, 0.29) is 11.8 Å². The lowest BCUT2D eigenvalue weighted by atomic mass is 9.95. The highest BCUT2D eigenvalue weighted by atomic mass is 32.2. The van der Waals surface area contributed by atoms with E-state index in [1.54, 1.807) is 4.31 Å². The Hall–Kier alpha value is -1.64. The maximum absolute atomic E-state index is 13.0. The Kier molecular flexibility index (Phi) is 7.09. The lowest BCUT2D eigenvalue weighted by Crippen LogP contribution is -2.55. The Bertz CT molecular complexity index is 847. The topological polar surface area (TPSA) is 87.0 Å². The average molecular weight is 437 g/mol. The number of piperidine rings is 1. The van der Waals surface area contributed by atoms with Crippen molar-refractivity contribution in [1.82, 2.24) is 14.1 Å². The van der Waals surface area contributed by atoms with Crippen molar-refractivity contribution < 1.29 is 13.2 Å². The molecule has 0 radical (unpaired) electrons. The van der Waals surface area contributed by atoms with Crippen molar-refractivity contribution in [3.8, 4) is 0 Å². The summed E-state index contributed by atoms with van der Waals surface area (Å²) in [7, 11) is -3.09. The predicted molar refractivity (Wildman–Crippen MR) is 121 cm³/mol. The van der Waals surface area contributed by atoms with Gasteiger partial charge in [-0.25, -0.2) is 12.7 Å². The van der Waals surface area contributed by atoms with Gasteiger partial charge in [0.15, 0.2) is 0 Å². The number of hydrogen-bond donors (Lipinski definition) is 1. The summed E-state index contributed by atoms with van der Waals surface area (Å²) < 4.78 is 25.0. The van der Waals surface area contributed by atoms with E-state index in [1.807, 2.05) is 25.7 Å². The molecule has 8 heteroatoms. The van der Waals surface area contributed by atoms with Gasteiger partial charge in [-0.1, -0.05) is 19.1 Å². The summed E-state index contributed by atoms with van der Waals surface area (Å²) in [5, 5.41) is 0. The van der Waals surface area contributed by atoms with Gasteiger partial charge in [-0.3, -0.25) is 9.69 Å². The molecule has 2 fully saturated rings. The highest BCUT2D eigenvalue weighted by Crippen LogP contribution is 2.23. The molecule has 0 aromatic heterocycles. The maximum atomic E-state index is 13.0. The number of benzene rings is 1. The molecule has 1 atom stereocenters. The monoisotopic (exact) mass is 436 g/mol. The first-order valence-electron chi connectivity index (χ1n) is 10.9. The molecule has 0 bridgehead atoms. The van der Waals surface area contributed by atoms with Crippen LogP contribution >= 0.6 is 0 Å². The fraction of sp³-hybridized carbons (Fsp3) is 0.682. The van der Waals surface area contributed by atoms with Gasteiger partial charge in [0.1, 0.15) is 0 Å². The SMILES string of the molecule is Cc1cc(C[C@@H](C)C(=O)N2CCN(C3CCN(S(C)(=O)=O)CC3)CC2)cc(C)c1N. The van der Waals surface area contributed by atoms with Crippen LogP contribution in [0.25, 0.3) is 0 Å². The smallest absolute Gasteiger partial charge is 0.225 e. The molecular weight excluding hydrogens is 400 g/mol. The number of nitrogens with two attached hydrogens (primary N) is 1. The second-order valence-corrected chi connectivity index (χ2v) is 11.0. The summed E-state index contributed by atoms with van der Waals surface area (Å²) in [4.78, 5) is 17.4. The van der Waals surface area contributed by atoms with Gasteiger partial charge in [0.2, 0.25) is 15.9 Å². The van der Waals surface area contributed by atoms with E-state index in [1.165, 1.54) is 6.26 Å². The molecule has 2 saturated heterocycles. The largest absolute Gasteiger partial charge is 0.398 e. The van der Waals surface area contributed by atoms with Crippen LogP contribution in [-0.4, -0.2) is 80.0 Å². The maximum Gasteiger partial charge on any atom is 0.225 e. The summed E-state index contributed by atoms with van der Waals surface area (Å²) in [5.74, 6) is 0.158. The van der Waals surface area contributed by atoms with Crippen LogP contribution in [0.4, 0.5) is 5.69 Å². The summed E-state index contributed by atoms with van der Waals surface area (Å²) in [5.41, 5.74) is 10.2. The van der Waals surface area contributed by atoms with Crippen LogP contribution in [0, 0.1) is 19.8 Å². The fourth-order valence-corrected chi connectivity index (χ4v) is 5.66. The minimum atomic E-state index is -3.09. The molecule has 2 heterocycles. The second kappa shape index (κ2) is 9.24. The average Bonchev–Trinajstić information content (AvgIpc) is 2.71. The van der Waals surface area contributed by atoms with Gasteiger partial charge in [-0.05, 0) is 49.8 Å². The predicted octanol–water partition coefficient (Wildman–Crippen LogP) is 1.63. The minimum absolute atomic E-state index is 0.0584. The minimum Gasteiger partial charge on any atom is -0.398 e. The number of amides is 1. The van der Waals surface area contributed by atoms with Crippen molar-refractivity contribution in [2.45, 2.75) is 46.1 Å². The van der Waals surface area contributed by atoms with Crippen LogP contribution in [-0.2, 0) is 21.2 Å². The Morgan fingerprint density at radius 2 is 1.60 bits per heavy atom. The first-order chi connectivity index (χ1) is 14.1. The van der Waals surface area contributed by atoms with Gasteiger partial charge in [-0.15, -0.1) is 0 Å². The van der Waals surface area contributed by atoms with Crippen molar-refractivity contribution in [3.63, 3.8) is 0 Å². The van der Waals surface area contributed by atoms with Crippen LogP contribution in [0.5, 0.6) is 0 Å². The normalized spacial score (nSPS) is 21.0. The molecule has 30 heavy (non-hydrogen) atoms. The second-order valence-electron chi connectivity index (χ2n) is 9.00. The Morgan fingerprint density at radius 3 is 2.10 bits per heavy atom. The first-order valence-corrected chi connectivity index (χ1v) is 12.7. The third kappa shape index (κ3) is 5.34. The molecule has 7 nitrogen and oxygen atoms in total. The number of carbonyl (C=O) groups is 1. The lowest BCUT2D eigenvalue weighted by Gasteiger charge is -2.42. The van der Waals surface area contributed by atoms with Gasteiger partial charge in [0.25, 0.3) is 0 Å². The molecule has 0 saturated carbocycles. The number of anilines is 1. The third-order valence-electron chi connectivity index (χ3n) is 6.65. The van der Waals surface area contributed by atoms with E-state index in [4.69, 9.17) is 5.73 Å². The van der Waals surface area contributed by atoms with Crippen LogP contribution in [0.15, 0.2) is 12.1 Å². The van der Waals surface area contributed by atoms with E-state index >= 15 is 0 Å². The number of rotatable bonds is 5. The Labute approximate surface area is 181 Å². The number of hydrogen-bond acceptors (Lipinski definition) is 5. The van der Waals surface area contributed by atoms with E-state index < -0.39 is 10.0 Å². The third-order valence-corrected chi connectivity index (χ3v) is 7.95. The number of nitrogens with zero attached hydrogens (tertiary/aromatic N) is 3. The number of nitrogen functional groups attached to an aromatic ring is 1. The standard InChI is InChI=1S/C22H36N4O3S/c1-16-13-19(14-17(2)21(16)23)15-18(3)22(27)25-11-9-24(10-12-25)20-5-7-26(8-6-20)30(4,28)29/h13-14,18,20H,5-12,15,23H2,1-4H3/t18-/m1/s1. The zero-order valence-electron chi connectivity index (χ0n) is 18.7. The highest BCUT2D eigenvalue weighted by Gasteiger charge is 2.32. The lowest BCUT2D eigenvalue weighted by molar-refractivity contribution is -0.137. The molecule has 2 N–H and O–H groups in total. The molecule has 1 aromatic rings. The van der Waals surface area contributed by atoms with Crippen LogP contribution in [0.2, 0.25) is 0 Å². The van der Waals surface area contributed by atoms with Crippen molar-refractivity contribution in [3.05, 3.63) is 28.8 Å². The zero-order valence-corrected chi connectivity index (χ0v) is 19.5. The van der Waals surface area contributed by atoms with E-state index in [2.05, 4.69) is 17.0 Å². The van der Waals surface area contributed by atoms with Gasteiger partial charge in [-0.2, -0.15) is 0 Å². The molecule has 0 spiro atoms. The number of aryl methyl sites for hydroxylation is 2. The molecule has 168 valence electrons. The summed E-state index contributed by atoms with van der Waals surface area (Å²) in [6.45, 7) is 10.4. The summed E-state index contributed by atoms with van der Waals surface area (Å²) >= 11 is 0. The number of sulfonamides is 1. The molecular formula is C22H36N4O3S. The van der Waals surface area contributed by atoms with Gasteiger partial charge < -0.3 is 10.6 Å². The molecule has 0 unspecified atom stereocenters. The number of carbonyl (C=O) groups excluding carboxylic acids is 1. The Morgan fingerprint density at radius 1 is 1.07 bits per heavy atom. The zero-order chi connectivity index (χ0) is 22.1. The summed E-state index contributed by atoms with van der Waals surface area (Å²) in [6.07, 6.45) is 3.75. The van der Waals surface area contributed by atoms with Crippen LogP contribution in [0.1, 0.15) is 36.5 Å². The van der Waals surface area contributed by atoms with E-state index in [0.29, 0.717) is 19.1 Å². The van der Waals surface area contributed by atoms with Gasteiger partial charge in [0, 0.05) is 56.9 Å².